The van der Waals surface area contributed by atoms with Gasteiger partial charge in [-0.2, -0.15) is 0 Å². The zero-order valence-electron chi connectivity index (χ0n) is 7.63. The molecule has 0 saturated carbocycles. The minimum absolute atomic E-state index is 0.251. The molecule has 1 aliphatic rings. The maximum absolute atomic E-state index is 11.4. The number of hydrogen-bond donors (Lipinski definition) is 0. The van der Waals surface area contributed by atoms with E-state index in [1.54, 1.807) is 0 Å². The van der Waals surface area contributed by atoms with E-state index in [4.69, 9.17) is 0 Å². The Hall–Kier alpha value is -0.530. The second-order valence-corrected chi connectivity index (χ2v) is 3.55. The summed E-state index contributed by atoms with van der Waals surface area (Å²) < 4.78 is 0. The fourth-order valence-electron chi connectivity index (χ4n) is 1.60. The summed E-state index contributed by atoms with van der Waals surface area (Å²) in [4.78, 5) is 13.4. The Morgan fingerprint density at radius 2 is 2.18 bits per heavy atom. The second-order valence-electron chi connectivity index (χ2n) is 3.55. The van der Waals surface area contributed by atoms with Crippen LogP contribution in [0.5, 0.6) is 0 Å². The number of hydrogen-bond acceptors (Lipinski definition) is 1. The third-order valence-corrected chi connectivity index (χ3v) is 2.56. The highest BCUT2D eigenvalue weighted by atomic mass is 16.2. The van der Waals surface area contributed by atoms with Crippen molar-refractivity contribution in [2.75, 3.05) is 13.1 Å². The molecule has 2 atom stereocenters. The van der Waals surface area contributed by atoms with Crippen LogP contribution in [0.15, 0.2) is 0 Å². The van der Waals surface area contributed by atoms with Gasteiger partial charge in [-0.25, -0.2) is 0 Å². The highest BCUT2D eigenvalue weighted by Gasteiger charge is 2.33. The lowest BCUT2D eigenvalue weighted by Crippen LogP contribution is -2.27. The van der Waals surface area contributed by atoms with Crippen LogP contribution >= 0.6 is 0 Å². The van der Waals surface area contributed by atoms with Crippen LogP contribution in [0.2, 0.25) is 0 Å². The van der Waals surface area contributed by atoms with E-state index in [1.165, 1.54) is 0 Å². The standard InChI is InChI=1S/C9H17NO/c1-4-5-10-6-7(2)8(3)9(10)11/h7-8H,4-6H2,1-3H3/t7-,8+/m1/s1. The number of rotatable bonds is 2. The van der Waals surface area contributed by atoms with Gasteiger partial charge in [0.25, 0.3) is 0 Å². The van der Waals surface area contributed by atoms with Crippen molar-refractivity contribution in [3.05, 3.63) is 0 Å². The van der Waals surface area contributed by atoms with Gasteiger partial charge < -0.3 is 4.90 Å². The molecule has 0 aromatic heterocycles. The average Bonchev–Trinajstić information content (AvgIpc) is 2.19. The molecule has 1 fully saturated rings. The largest absolute Gasteiger partial charge is 0.342 e. The van der Waals surface area contributed by atoms with Crippen molar-refractivity contribution in [3.63, 3.8) is 0 Å². The van der Waals surface area contributed by atoms with Gasteiger partial charge in [-0.05, 0) is 12.3 Å². The Kier molecular flexibility index (Phi) is 2.53. The van der Waals surface area contributed by atoms with Gasteiger partial charge in [0.2, 0.25) is 5.91 Å². The molecule has 1 heterocycles. The Bertz CT molecular complexity index is 156. The SMILES string of the molecule is CCCN1C[C@@H](C)[C@H](C)C1=O. The van der Waals surface area contributed by atoms with Gasteiger partial charge in [0.05, 0.1) is 0 Å². The minimum Gasteiger partial charge on any atom is -0.342 e. The molecule has 0 radical (unpaired) electrons. The van der Waals surface area contributed by atoms with E-state index >= 15 is 0 Å². The Balaban J connectivity index is 2.52. The topological polar surface area (TPSA) is 20.3 Å². The molecular weight excluding hydrogens is 138 g/mol. The van der Waals surface area contributed by atoms with E-state index in [2.05, 4.69) is 13.8 Å². The first-order valence-corrected chi connectivity index (χ1v) is 4.45. The fourth-order valence-corrected chi connectivity index (χ4v) is 1.60. The molecule has 11 heavy (non-hydrogen) atoms. The highest BCUT2D eigenvalue weighted by Crippen LogP contribution is 2.23. The van der Waals surface area contributed by atoms with E-state index in [0.29, 0.717) is 11.8 Å². The molecule has 0 aliphatic carbocycles. The zero-order chi connectivity index (χ0) is 8.43. The van der Waals surface area contributed by atoms with Crippen molar-refractivity contribution in [1.29, 1.82) is 0 Å². The molecule has 0 aromatic carbocycles. The van der Waals surface area contributed by atoms with Crippen LogP contribution in [0, 0.1) is 11.8 Å². The summed E-state index contributed by atoms with van der Waals surface area (Å²) in [5.74, 6) is 1.15. The molecule has 0 aromatic rings. The van der Waals surface area contributed by atoms with Crippen LogP contribution in [0.3, 0.4) is 0 Å². The van der Waals surface area contributed by atoms with Gasteiger partial charge in [-0.3, -0.25) is 4.79 Å². The summed E-state index contributed by atoms with van der Waals surface area (Å²) in [5, 5.41) is 0. The fraction of sp³-hybridized carbons (Fsp3) is 0.889. The van der Waals surface area contributed by atoms with Gasteiger partial charge in [-0.15, -0.1) is 0 Å². The maximum atomic E-state index is 11.4. The van der Waals surface area contributed by atoms with Crippen molar-refractivity contribution >= 4 is 5.91 Å². The van der Waals surface area contributed by atoms with Gasteiger partial charge in [0.1, 0.15) is 0 Å². The maximum Gasteiger partial charge on any atom is 0.225 e. The van der Waals surface area contributed by atoms with Crippen molar-refractivity contribution in [2.45, 2.75) is 27.2 Å². The minimum atomic E-state index is 0.251. The molecule has 64 valence electrons. The van der Waals surface area contributed by atoms with Gasteiger partial charge in [-0.1, -0.05) is 20.8 Å². The summed E-state index contributed by atoms with van der Waals surface area (Å²) in [5.41, 5.74) is 0. The molecular formula is C9H17NO. The number of nitrogens with zero attached hydrogens (tertiary/aromatic N) is 1. The van der Waals surface area contributed by atoms with E-state index in [0.717, 1.165) is 19.5 Å². The second kappa shape index (κ2) is 3.24. The molecule has 1 aliphatic heterocycles. The van der Waals surface area contributed by atoms with Crippen LogP contribution in [0.25, 0.3) is 0 Å². The third kappa shape index (κ3) is 1.55. The smallest absolute Gasteiger partial charge is 0.225 e. The van der Waals surface area contributed by atoms with Crippen molar-refractivity contribution in [1.82, 2.24) is 4.90 Å². The van der Waals surface area contributed by atoms with E-state index in [-0.39, 0.29) is 5.92 Å². The first-order chi connectivity index (χ1) is 5.16. The van der Waals surface area contributed by atoms with Gasteiger partial charge >= 0.3 is 0 Å². The molecule has 0 N–H and O–H groups in total. The molecule has 2 nitrogen and oxygen atoms in total. The van der Waals surface area contributed by atoms with E-state index in [1.807, 2.05) is 11.8 Å². The lowest BCUT2D eigenvalue weighted by Gasteiger charge is -2.13. The summed E-state index contributed by atoms with van der Waals surface area (Å²) >= 11 is 0. The van der Waals surface area contributed by atoms with Crippen LogP contribution in [-0.4, -0.2) is 23.9 Å². The summed E-state index contributed by atoms with van der Waals surface area (Å²) in [6, 6.07) is 0. The first kappa shape index (κ1) is 8.57. The summed E-state index contributed by atoms with van der Waals surface area (Å²) in [6.45, 7) is 8.20. The molecule has 1 saturated heterocycles. The number of carbonyl (C=O) groups excluding carboxylic acids is 1. The molecule has 1 amide bonds. The summed E-state index contributed by atoms with van der Waals surface area (Å²) in [6.07, 6.45) is 1.07. The quantitative estimate of drug-likeness (QED) is 0.592. The lowest BCUT2D eigenvalue weighted by molar-refractivity contribution is -0.130. The van der Waals surface area contributed by atoms with Gasteiger partial charge in [0, 0.05) is 19.0 Å². The molecule has 0 bridgehead atoms. The average molecular weight is 155 g/mol. The normalized spacial score (nSPS) is 31.5. The van der Waals surface area contributed by atoms with E-state index < -0.39 is 0 Å². The number of amides is 1. The van der Waals surface area contributed by atoms with E-state index in [9.17, 15) is 4.79 Å². The molecule has 2 heteroatoms. The predicted octanol–water partition coefficient (Wildman–Crippen LogP) is 1.51. The Labute approximate surface area is 68.6 Å². The summed E-state index contributed by atoms with van der Waals surface area (Å²) in [7, 11) is 0. The monoisotopic (exact) mass is 155 g/mol. The van der Waals surface area contributed by atoms with Crippen molar-refractivity contribution in [3.8, 4) is 0 Å². The Morgan fingerprint density at radius 3 is 2.55 bits per heavy atom. The predicted molar refractivity (Wildman–Crippen MR) is 45.2 cm³/mol. The van der Waals surface area contributed by atoms with Crippen LogP contribution in [0.1, 0.15) is 27.2 Å². The van der Waals surface area contributed by atoms with Crippen LogP contribution in [0.4, 0.5) is 0 Å². The van der Waals surface area contributed by atoms with Crippen molar-refractivity contribution < 1.29 is 4.79 Å². The number of carbonyl (C=O) groups is 1. The third-order valence-electron chi connectivity index (χ3n) is 2.56. The highest BCUT2D eigenvalue weighted by molar-refractivity contribution is 5.80. The lowest BCUT2D eigenvalue weighted by atomic mass is 10.0. The molecule has 0 unspecified atom stereocenters. The van der Waals surface area contributed by atoms with Gasteiger partial charge in [0.15, 0.2) is 0 Å². The Morgan fingerprint density at radius 1 is 1.55 bits per heavy atom. The molecule has 0 spiro atoms. The number of likely N-dealkylation sites (tertiary alicyclic amines) is 1. The van der Waals surface area contributed by atoms with Crippen LogP contribution in [-0.2, 0) is 4.79 Å². The van der Waals surface area contributed by atoms with Crippen molar-refractivity contribution in [2.24, 2.45) is 11.8 Å². The zero-order valence-corrected chi connectivity index (χ0v) is 7.63. The first-order valence-electron chi connectivity index (χ1n) is 4.45. The molecule has 1 rings (SSSR count). The van der Waals surface area contributed by atoms with Crippen LogP contribution < -0.4 is 0 Å².